The van der Waals surface area contributed by atoms with Gasteiger partial charge in [-0.25, -0.2) is 27.5 Å². The molecular formula is C30H22F7N8NaO2S3. The molecule has 2 saturated carbocycles. The van der Waals surface area contributed by atoms with Gasteiger partial charge in [0.05, 0.1) is 34.5 Å². The van der Waals surface area contributed by atoms with Gasteiger partial charge in [-0.2, -0.15) is 23.4 Å². The summed E-state index contributed by atoms with van der Waals surface area (Å²) in [5.41, 5.74) is -1.76. The van der Waals surface area contributed by atoms with Gasteiger partial charge in [0.1, 0.15) is 21.3 Å². The van der Waals surface area contributed by atoms with Crippen LogP contribution in [0.15, 0.2) is 53.8 Å². The number of nitrogens with one attached hydrogen (secondary N) is 1. The van der Waals surface area contributed by atoms with Crippen molar-refractivity contribution in [2.45, 2.75) is 48.3 Å². The molecule has 21 heteroatoms. The van der Waals surface area contributed by atoms with E-state index in [-0.39, 0.29) is 63.9 Å². The topological polar surface area (TPSA) is 130 Å². The molecule has 4 aromatic heterocycles. The number of hydrogen-bond donors (Lipinski definition) is 1. The Bertz CT molecular complexity index is 2310. The third kappa shape index (κ3) is 9.40. The largest absolute Gasteiger partial charge is 1.00 e. The van der Waals surface area contributed by atoms with Crippen LogP contribution in [-0.2, 0) is 11.1 Å². The van der Waals surface area contributed by atoms with Gasteiger partial charge in [0, 0.05) is 59.2 Å². The van der Waals surface area contributed by atoms with Crippen molar-refractivity contribution in [3.8, 4) is 22.8 Å². The minimum Gasteiger partial charge on any atom is -0.773 e. The van der Waals surface area contributed by atoms with Crippen LogP contribution in [0.4, 0.5) is 30.7 Å². The van der Waals surface area contributed by atoms with Crippen molar-refractivity contribution in [2.24, 2.45) is 0 Å². The molecule has 0 amide bonds. The molecule has 0 spiro atoms. The minimum atomic E-state index is -4.49. The van der Waals surface area contributed by atoms with Crippen molar-refractivity contribution in [1.82, 2.24) is 39.5 Å². The number of halogens is 7. The van der Waals surface area contributed by atoms with E-state index in [9.17, 15) is 30.7 Å². The molecule has 10 nitrogen and oxygen atoms in total. The second kappa shape index (κ2) is 15.8. The first-order valence-electron chi connectivity index (χ1n) is 14.6. The molecule has 1 N–H and O–H groups in total. The number of rotatable bonds is 5. The van der Waals surface area contributed by atoms with Crippen molar-refractivity contribution >= 4 is 57.1 Å². The summed E-state index contributed by atoms with van der Waals surface area (Å²) in [7, 11) is 0. The van der Waals surface area contributed by atoms with E-state index in [1.807, 2.05) is 4.57 Å². The zero-order valence-corrected chi connectivity index (χ0v) is 30.9. The summed E-state index contributed by atoms with van der Waals surface area (Å²) in [5.74, 6) is -2.81. The predicted molar refractivity (Wildman–Crippen MR) is 172 cm³/mol. The first-order chi connectivity index (χ1) is 23.7. The molecule has 8 rings (SSSR count). The van der Waals surface area contributed by atoms with Crippen LogP contribution in [0, 0.1) is 27.9 Å². The molecule has 2 aromatic carbocycles. The Hall–Kier alpha value is -3.27. The van der Waals surface area contributed by atoms with E-state index in [2.05, 4.69) is 30.4 Å². The van der Waals surface area contributed by atoms with Gasteiger partial charge < -0.3 is 13.7 Å². The number of thioether (sulfide) groups is 1. The Morgan fingerprint density at radius 2 is 1.27 bits per heavy atom. The quantitative estimate of drug-likeness (QED) is 0.0847. The fourth-order valence-electron chi connectivity index (χ4n) is 5.13. The normalized spacial score (nSPS) is 14.7. The maximum atomic E-state index is 13.6. The van der Waals surface area contributed by atoms with Gasteiger partial charge in [-0.1, -0.05) is 23.3 Å². The summed E-state index contributed by atoms with van der Waals surface area (Å²) >= 11 is 2.83. The average Bonchev–Trinajstić information content (AvgIpc) is 3.97. The second-order valence-corrected chi connectivity index (χ2v) is 13.5. The van der Waals surface area contributed by atoms with Crippen molar-refractivity contribution in [2.75, 3.05) is 6.26 Å². The van der Waals surface area contributed by atoms with Crippen LogP contribution in [0.25, 0.3) is 44.8 Å². The number of hydrogen-bond acceptors (Lipinski definition) is 9. The van der Waals surface area contributed by atoms with Gasteiger partial charge in [-0.05, 0) is 44.1 Å². The maximum absolute atomic E-state index is 13.6. The van der Waals surface area contributed by atoms with E-state index >= 15 is 0 Å². The Balaban J connectivity index is 0.000000178. The Kier molecular flexibility index (Phi) is 12.0. The van der Waals surface area contributed by atoms with Gasteiger partial charge in [-0.3, -0.25) is 9.31 Å². The van der Waals surface area contributed by atoms with Gasteiger partial charge in [0.15, 0.2) is 23.3 Å². The fraction of sp³-hybridized carbons (Fsp3) is 0.267. The molecule has 0 aliphatic heterocycles. The number of fused-ring (bicyclic) bond motifs is 2. The Morgan fingerprint density at radius 3 is 1.71 bits per heavy atom. The molecule has 2 aliphatic carbocycles. The molecule has 0 saturated heterocycles. The van der Waals surface area contributed by atoms with E-state index in [1.54, 1.807) is 16.8 Å². The van der Waals surface area contributed by atoms with Crippen molar-refractivity contribution in [3.63, 3.8) is 0 Å². The van der Waals surface area contributed by atoms with Gasteiger partial charge in [-0.15, -0.1) is 5.10 Å². The van der Waals surface area contributed by atoms with Gasteiger partial charge >= 0.3 is 35.1 Å². The van der Waals surface area contributed by atoms with Crippen LogP contribution >= 0.6 is 24.0 Å². The Morgan fingerprint density at radius 1 is 0.824 bits per heavy atom. The molecule has 4 heterocycles. The third-order valence-corrected chi connectivity index (χ3v) is 8.17. The molecule has 6 aromatic rings. The Labute approximate surface area is 317 Å². The third-order valence-electron chi connectivity index (χ3n) is 7.32. The summed E-state index contributed by atoms with van der Waals surface area (Å²) in [6, 6.07) is 7.66. The van der Waals surface area contributed by atoms with Crippen LogP contribution < -0.4 is 29.6 Å². The molecule has 0 bridgehead atoms. The second-order valence-electron chi connectivity index (χ2n) is 11.1. The summed E-state index contributed by atoms with van der Waals surface area (Å²) < 4.78 is 114. The first-order valence-corrected chi connectivity index (χ1v) is 17.3. The van der Waals surface area contributed by atoms with Crippen LogP contribution in [0.1, 0.15) is 37.8 Å². The smallest absolute Gasteiger partial charge is 0.773 e. The van der Waals surface area contributed by atoms with Gasteiger partial charge in [0.25, 0.3) is 0 Å². The van der Waals surface area contributed by atoms with E-state index in [1.165, 1.54) is 18.3 Å². The summed E-state index contributed by atoms with van der Waals surface area (Å²) in [6.07, 6.45) is 7.66. The van der Waals surface area contributed by atoms with Crippen molar-refractivity contribution in [1.29, 1.82) is 0 Å². The van der Waals surface area contributed by atoms with Crippen molar-refractivity contribution in [3.05, 3.63) is 76.7 Å². The van der Waals surface area contributed by atoms with Crippen LogP contribution in [0.5, 0.6) is 0 Å². The number of benzene rings is 2. The van der Waals surface area contributed by atoms with Crippen LogP contribution in [0.3, 0.4) is 0 Å². The van der Waals surface area contributed by atoms with Gasteiger partial charge in [0.2, 0.25) is 0 Å². The summed E-state index contributed by atoms with van der Waals surface area (Å²) in [4.78, 5) is 8.73. The number of imidazole rings is 2. The SMILES string of the molecule is CS(=O)[O-].Fc1cc2nc(-c3cn[nH]c(=S)c3)n(C3CC3)c2cc1F.Fc1cc2nc(-c3cnnc(SC(F)(F)F)c3)n(C3CC3)c2cc1F.[Na+]. The fourth-order valence-corrected chi connectivity index (χ4v) is 5.82. The molecule has 2 aliphatic rings. The number of H-pyrrole nitrogens is 1. The number of aromatic amines is 1. The zero-order chi connectivity index (χ0) is 35.9. The molecule has 1 atom stereocenters. The van der Waals surface area contributed by atoms with E-state index in [0.29, 0.717) is 38.4 Å². The molecular weight excluding hydrogens is 757 g/mol. The molecule has 262 valence electrons. The standard InChI is InChI=1S/C15H9F5N4S.C14H10F2N4S.CH4O2S.Na/c16-9-4-11-12(5-10(9)17)24(8-1-2-8)14(22-11)7-3-13(23-21-6-7)25-15(18,19)20;15-9-4-11-12(5-10(9)16)20(8-1-2-8)14(18-11)7-3-13(21)19-17-6-7;1-4(2)3;/h3-6,8H,1-2H2;3-6,8H,1-2H2,(H,19,21);1H3,(H,2,3);/q;;;+1/p-1. The monoisotopic (exact) mass is 778 g/mol. The van der Waals surface area contributed by atoms with E-state index in [0.717, 1.165) is 55.7 Å². The summed E-state index contributed by atoms with van der Waals surface area (Å²) in [6.45, 7) is 0. The van der Waals surface area contributed by atoms with E-state index in [4.69, 9.17) is 21.0 Å². The number of nitrogens with zero attached hydrogens (tertiary/aromatic N) is 7. The zero-order valence-electron chi connectivity index (χ0n) is 26.4. The molecule has 51 heavy (non-hydrogen) atoms. The number of aromatic nitrogens is 8. The predicted octanol–water partition coefficient (Wildman–Crippen LogP) is 4.99. The molecule has 0 radical (unpaired) electrons. The maximum Gasteiger partial charge on any atom is 1.00 e. The van der Waals surface area contributed by atoms with Crippen LogP contribution in [0.2, 0.25) is 0 Å². The number of alkyl halides is 3. The first kappa shape index (κ1) is 38.9. The average molecular weight is 779 g/mol. The van der Waals surface area contributed by atoms with E-state index < -0.39 is 39.9 Å². The molecule has 2 fully saturated rings. The summed E-state index contributed by atoms with van der Waals surface area (Å²) in [5, 5.41) is 13.4. The molecule has 1 unspecified atom stereocenters. The minimum absolute atomic E-state index is 0. The van der Waals surface area contributed by atoms with Crippen molar-refractivity contribution < 1.29 is 69.1 Å². The van der Waals surface area contributed by atoms with Crippen LogP contribution in [-0.4, -0.2) is 60.0 Å².